The number of carbonyl (C=O) groups excluding carboxylic acids is 1. The summed E-state index contributed by atoms with van der Waals surface area (Å²) in [6.07, 6.45) is -0.310. The van der Waals surface area contributed by atoms with Crippen LogP contribution in [0, 0.1) is 47.3 Å². The normalized spacial score (nSPS) is 53.9. The average Bonchev–Trinajstić information content (AvgIpc) is 3.85. The van der Waals surface area contributed by atoms with Crippen LogP contribution in [0.4, 0.5) is 0 Å². The van der Waals surface area contributed by atoms with Crippen LogP contribution < -0.4 is 34.7 Å². The van der Waals surface area contributed by atoms with E-state index in [1.54, 1.807) is 42.3 Å². The van der Waals surface area contributed by atoms with E-state index in [0.29, 0.717) is 19.3 Å². The number of rotatable bonds is 11. The number of carboxylic acids is 1. The number of aliphatic hydroxyl groups is 2. The van der Waals surface area contributed by atoms with E-state index >= 15 is 0 Å². The van der Waals surface area contributed by atoms with Crippen molar-refractivity contribution in [3.05, 3.63) is 0 Å². The predicted octanol–water partition coefficient (Wildman–Crippen LogP) is 0.843. The standard InChI is InChI=1S/C44H76O14.Na/c1-21-29(49-12)20-43(56-31(21)22(2)32-23(3)34(51-14)27(7)44(48,57-32)28(8)39(45)46)19-18-40(9,58-43)30-16-17-41(10,54-30)38-25(5)35(52-15)37(53-38)36-24(4)33(50-13)26(6)42(11,47)55-36;/h21-38,47-48H,16-20H2,1-15H3,(H,45,46);/q;+1/p-1/t21-,22-,23+,24+,25+,26-,27-,28-,29+,30-,31+,32-,33+,34+,35-,36+,37-,38-,40+,41+,42+,43-,44+;/m1./s1. The maximum Gasteiger partial charge on any atom is 1.00 e. The van der Waals surface area contributed by atoms with Crippen molar-refractivity contribution >= 4 is 5.97 Å². The van der Waals surface area contributed by atoms with Crippen molar-refractivity contribution in [3.8, 4) is 0 Å². The maximum absolute atomic E-state index is 12.1. The number of methoxy groups -OCH3 is 4. The molecule has 59 heavy (non-hydrogen) atoms. The minimum atomic E-state index is -2.01. The number of ether oxygens (including phenoxy) is 10. The van der Waals surface area contributed by atoms with Gasteiger partial charge < -0.3 is 67.5 Å². The van der Waals surface area contributed by atoms with Gasteiger partial charge in [0.15, 0.2) is 17.4 Å². The van der Waals surface area contributed by atoms with E-state index in [2.05, 4.69) is 34.6 Å². The molecule has 0 radical (unpaired) electrons. The van der Waals surface area contributed by atoms with Gasteiger partial charge in [-0.3, -0.25) is 0 Å². The van der Waals surface area contributed by atoms with Gasteiger partial charge in [-0.05, 0) is 40.0 Å². The molecule has 6 aliphatic heterocycles. The van der Waals surface area contributed by atoms with Gasteiger partial charge in [0.2, 0.25) is 0 Å². The monoisotopic (exact) mass is 851 g/mol. The Kier molecular flexibility index (Phi) is 15.3. The number of carboxylic acid groups (broad SMARTS) is 1. The molecule has 0 aromatic rings. The second-order valence-corrected chi connectivity index (χ2v) is 19.9. The first-order chi connectivity index (χ1) is 27.0. The fourth-order valence-electron chi connectivity index (χ4n) is 12.5. The van der Waals surface area contributed by atoms with Gasteiger partial charge in [0.25, 0.3) is 0 Å². The molecule has 6 heterocycles. The molecular formula is C44H75NaO14. The van der Waals surface area contributed by atoms with Crippen molar-refractivity contribution in [1.29, 1.82) is 0 Å². The molecular weight excluding hydrogens is 775 g/mol. The summed E-state index contributed by atoms with van der Waals surface area (Å²) in [5, 5.41) is 35.2. The fraction of sp³-hybridized carbons (Fsp3) is 0.977. The summed E-state index contributed by atoms with van der Waals surface area (Å²) >= 11 is 0. The number of hydrogen-bond donors (Lipinski definition) is 2. The molecule has 0 amide bonds. The van der Waals surface area contributed by atoms with Crippen LogP contribution in [0.1, 0.15) is 108 Å². The Morgan fingerprint density at radius 1 is 0.695 bits per heavy atom. The Labute approximate surface area is 374 Å². The van der Waals surface area contributed by atoms with Gasteiger partial charge in [-0.25, -0.2) is 0 Å². The molecule has 0 unspecified atom stereocenters. The Hall–Kier alpha value is -0.0100. The van der Waals surface area contributed by atoms with Crippen molar-refractivity contribution in [3.63, 3.8) is 0 Å². The summed E-state index contributed by atoms with van der Waals surface area (Å²) < 4.78 is 65.3. The van der Waals surface area contributed by atoms with Gasteiger partial charge in [-0.1, -0.05) is 55.4 Å². The molecule has 0 aliphatic carbocycles. The summed E-state index contributed by atoms with van der Waals surface area (Å²) in [6, 6.07) is 0. The minimum Gasteiger partial charge on any atom is -0.550 e. The van der Waals surface area contributed by atoms with Gasteiger partial charge in [0.05, 0.1) is 72.1 Å². The van der Waals surface area contributed by atoms with Crippen LogP contribution in [0.2, 0.25) is 0 Å². The van der Waals surface area contributed by atoms with Crippen LogP contribution in [-0.2, 0) is 52.2 Å². The molecule has 6 fully saturated rings. The first-order valence-electron chi connectivity index (χ1n) is 21.8. The Bertz CT molecular complexity index is 1460. The molecule has 6 rings (SSSR count). The quantitative estimate of drug-likeness (QED) is 0.280. The molecule has 0 saturated carbocycles. The predicted molar refractivity (Wildman–Crippen MR) is 209 cm³/mol. The molecule has 0 aromatic carbocycles. The topological polar surface area (TPSA) is 173 Å². The third-order valence-corrected chi connectivity index (χ3v) is 16.3. The first-order valence-corrected chi connectivity index (χ1v) is 21.8. The van der Waals surface area contributed by atoms with Crippen LogP contribution in [0.5, 0.6) is 0 Å². The minimum absolute atomic E-state index is 0. The average molecular weight is 851 g/mol. The van der Waals surface area contributed by atoms with Crippen molar-refractivity contribution in [2.24, 2.45) is 47.3 Å². The molecule has 0 aromatic heterocycles. The van der Waals surface area contributed by atoms with Crippen molar-refractivity contribution in [2.75, 3.05) is 28.4 Å². The molecule has 23 atom stereocenters. The smallest absolute Gasteiger partial charge is 0.550 e. The molecule has 0 bridgehead atoms. The van der Waals surface area contributed by atoms with E-state index in [4.69, 9.17) is 47.4 Å². The Morgan fingerprint density at radius 3 is 1.86 bits per heavy atom. The molecule has 2 N–H and O–H groups in total. The maximum atomic E-state index is 12.1. The summed E-state index contributed by atoms with van der Waals surface area (Å²) in [7, 11) is 6.67. The van der Waals surface area contributed by atoms with E-state index in [0.717, 1.165) is 12.8 Å². The number of carbonyl (C=O) groups is 1. The number of aliphatic carboxylic acids is 1. The zero-order valence-electron chi connectivity index (χ0n) is 38.7. The van der Waals surface area contributed by atoms with Crippen LogP contribution in [0.3, 0.4) is 0 Å². The molecule has 15 heteroatoms. The van der Waals surface area contributed by atoms with Gasteiger partial charge >= 0.3 is 29.6 Å². The second-order valence-electron chi connectivity index (χ2n) is 19.9. The fourth-order valence-corrected chi connectivity index (χ4v) is 12.5. The molecule has 336 valence electrons. The summed E-state index contributed by atoms with van der Waals surface area (Å²) in [6.45, 7) is 21.4. The zero-order chi connectivity index (χ0) is 43.1. The summed E-state index contributed by atoms with van der Waals surface area (Å²) in [5.41, 5.74) is -1.33. The van der Waals surface area contributed by atoms with E-state index < -0.39 is 76.9 Å². The van der Waals surface area contributed by atoms with Gasteiger partial charge in [0, 0.05) is 88.7 Å². The van der Waals surface area contributed by atoms with Crippen molar-refractivity contribution in [1.82, 2.24) is 0 Å². The molecule has 6 saturated heterocycles. The van der Waals surface area contributed by atoms with Crippen LogP contribution in [0.15, 0.2) is 0 Å². The molecule has 6 aliphatic rings. The van der Waals surface area contributed by atoms with Gasteiger partial charge in [-0.15, -0.1) is 0 Å². The third-order valence-electron chi connectivity index (χ3n) is 16.3. The Balaban J connectivity index is 0.00000661. The van der Waals surface area contributed by atoms with E-state index in [-0.39, 0.29) is 95.6 Å². The van der Waals surface area contributed by atoms with E-state index in [9.17, 15) is 20.1 Å². The molecule has 14 nitrogen and oxygen atoms in total. The van der Waals surface area contributed by atoms with Crippen LogP contribution >= 0.6 is 0 Å². The van der Waals surface area contributed by atoms with Gasteiger partial charge in [-0.2, -0.15) is 0 Å². The zero-order valence-corrected chi connectivity index (χ0v) is 40.7. The molecule has 1 spiro atoms. The second kappa shape index (κ2) is 18.1. The van der Waals surface area contributed by atoms with Crippen LogP contribution in [0.25, 0.3) is 0 Å². The largest absolute Gasteiger partial charge is 1.00 e. The van der Waals surface area contributed by atoms with Crippen molar-refractivity contribution in [2.45, 2.75) is 198 Å². The van der Waals surface area contributed by atoms with Crippen molar-refractivity contribution < 1.29 is 97.0 Å². The summed E-state index contributed by atoms with van der Waals surface area (Å²) in [4.78, 5) is 12.1. The third kappa shape index (κ3) is 8.53. The van der Waals surface area contributed by atoms with Crippen LogP contribution in [-0.4, -0.2) is 134 Å². The van der Waals surface area contributed by atoms with Gasteiger partial charge in [0.1, 0.15) is 6.10 Å². The van der Waals surface area contributed by atoms with E-state index in [1.807, 2.05) is 20.8 Å². The summed E-state index contributed by atoms with van der Waals surface area (Å²) in [5.74, 6) is -8.58. The number of hydrogen-bond acceptors (Lipinski definition) is 14. The Morgan fingerprint density at radius 2 is 1.29 bits per heavy atom. The van der Waals surface area contributed by atoms with E-state index in [1.165, 1.54) is 6.92 Å². The SMILES string of the molecule is CO[C@@H]1[C@H](C)[C@H]([C@]2(C)CC[C@H]([C@]3(C)CC[C@]4(C[C@H](OC)[C@@H](C)[C@@H]([C@@H](C)[C@H]5O[C@](O)([C@H](C)C(=O)[O-])[C@H](C)[C@@H](OC)[C@H]5C)O4)O3)O2)O[C@H]1[C@H]1O[C@](C)(O)[C@H](C)[C@@H](OC)[C@@H]1C.[Na+]. The first kappa shape index (κ1) is 50.0.